The Balaban J connectivity index is 1.81. The summed E-state index contributed by atoms with van der Waals surface area (Å²) in [5.74, 6) is -0.158. The molecule has 3 rings (SSSR count). The second kappa shape index (κ2) is 5.88. The minimum absolute atomic E-state index is 0.0414. The van der Waals surface area contributed by atoms with Crippen molar-refractivity contribution >= 4 is 11.9 Å². The van der Waals surface area contributed by atoms with E-state index in [2.05, 4.69) is 0 Å². The Morgan fingerprint density at radius 2 is 1.86 bits per heavy atom. The van der Waals surface area contributed by atoms with Crippen LogP contribution in [0.2, 0.25) is 0 Å². The summed E-state index contributed by atoms with van der Waals surface area (Å²) in [5.41, 5.74) is 0.301. The summed E-state index contributed by atoms with van der Waals surface area (Å²) in [6.45, 7) is 0.846. The van der Waals surface area contributed by atoms with E-state index in [1.54, 1.807) is 4.90 Å². The number of amides is 1. The molecule has 1 aromatic rings. The van der Waals surface area contributed by atoms with E-state index in [0.717, 1.165) is 37.7 Å². The van der Waals surface area contributed by atoms with Gasteiger partial charge >= 0.3 is 5.97 Å². The maximum atomic E-state index is 12.7. The van der Waals surface area contributed by atoms with Crippen LogP contribution in [0, 0.1) is 0 Å². The van der Waals surface area contributed by atoms with Crippen LogP contribution >= 0.6 is 0 Å². The van der Waals surface area contributed by atoms with Crippen LogP contribution in [0.1, 0.15) is 37.7 Å². The van der Waals surface area contributed by atoms with Crippen LogP contribution in [-0.2, 0) is 20.7 Å². The third kappa shape index (κ3) is 2.67. The van der Waals surface area contributed by atoms with Crippen LogP contribution in [0.15, 0.2) is 30.3 Å². The molecule has 0 unspecified atom stereocenters. The molecule has 0 atom stereocenters. The molecule has 4 nitrogen and oxygen atoms in total. The Bertz CT molecular complexity index is 520. The summed E-state index contributed by atoms with van der Waals surface area (Å²) < 4.78 is 5.27. The Hall–Kier alpha value is -1.84. The molecule has 4 heteroatoms. The van der Waals surface area contributed by atoms with Gasteiger partial charge in [0, 0.05) is 0 Å². The van der Waals surface area contributed by atoms with Crippen LogP contribution in [0.5, 0.6) is 0 Å². The highest BCUT2D eigenvalue weighted by molar-refractivity contribution is 5.90. The van der Waals surface area contributed by atoms with Gasteiger partial charge in [-0.1, -0.05) is 49.6 Å². The van der Waals surface area contributed by atoms with E-state index >= 15 is 0 Å². The number of esters is 1. The molecule has 1 saturated carbocycles. The lowest BCUT2D eigenvalue weighted by atomic mass is 9.79. The predicted molar refractivity (Wildman–Crippen MR) is 78.6 cm³/mol. The normalized spacial score (nSPS) is 21.1. The largest absolute Gasteiger partial charge is 0.462 e. The summed E-state index contributed by atoms with van der Waals surface area (Å²) >= 11 is 0. The zero-order chi connectivity index (χ0) is 14.7. The Morgan fingerprint density at radius 3 is 2.57 bits per heavy atom. The summed E-state index contributed by atoms with van der Waals surface area (Å²) in [4.78, 5) is 26.8. The molecule has 2 aliphatic rings. The fraction of sp³-hybridized carbons (Fsp3) is 0.529. The van der Waals surface area contributed by atoms with Gasteiger partial charge in [-0.15, -0.1) is 0 Å². The van der Waals surface area contributed by atoms with Crippen molar-refractivity contribution < 1.29 is 14.3 Å². The van der Waals surface area contributed by atoms with E-state index in [1.807, 2.05) is 30.3 Å². The van der Waals surface area contributed by atoms with E-state index in [4.69, 9.17) is 4.74 Å². The van der Waals surface area contributed by atoms with Gasteiger partial charge in [-0.2, -0.15) is 0 Å². The number of hydrogen-bond acceptors (Lipinski definition) is 3. The second-order valence-electron chi connectivity index (χ2n) is 5.94. The molecular weight excluding hydrogens is 266 g/mol. The van der Waals surface area contributed by atoms with Crippen LogP contribution in [0.4, 0.5) is 0 Å². The number of carbonyl (C=O) groups excluding carboxylic acids is 2. The van der Waals surface area contributed by atoms with E-state index in [1.165, 1.54) is 0 Å². The van der Waals surface area contributed by atoms with E-state index in [-0.39, 0.29) is 11.9 Å². The fourth-order valence-electron chi connectivity index (χ4n) is 3.53. The van der Waals surface area contributed by atoms with Crippen molar-refractivity contribution in [3.8, 4) is 0 Å². The van der Waals surface area contributed by atoms with Gasteiger partial charge in [0.05, 0.1) is 13.0 Å². The molecule has 1 heterocycles. The highest BCUT2D eigenvalue weighted by atomic mass is 16.5. The molecule has 1 aromatic carbocycles. The lowest BCUT2D eigenvalue weighted by Crippen LogP contribution is -2.63. The van der Waals surface area contributed by atoms with E-state index in [9.17, 15) is 9.59 Å². The van der Waals surface area contributed by atoms with Crippen LogP contribution in [0.25, 0.3) is 0 Å². The fourth-order valence-corrected chi connectivity index (χ4v) is 3.53. The van der Waals surface area contributed by atoms with Crippen molar-refractivity contribution in [3.05, 3.63) is 35.9 Å². The van der Waals surface area contributed by atoms with Crippen LogP contribution < -0.4 is 0 Å². The first kappa shape index (κ1) is 14.1. The van der Waals surface area contributed by atoms with Crippen molar-refractivity contribution in [2.75, 3.05) is 13.2 Å². The van der Waals surface area contributed by atoms with Gasteiger partial charge in [0.25, 0.3) is 0 Å². The van der Waals surface area contributed by atoms with Crippen LogP contribution in [-0.4, -0.2) is 35.5 Å². The van der Waals surface area contributed by atoms with Crippen molar-refractivity contribution in [2.24, 2.45) is 0 Å². The van der Waals surface area contributed by atoms with E-state index in [0.29, 0.717) is 19.6 Å². The molecule has 21 heavy (non-hydrogen) atoms. The number of hydrogen-bond donors (Lipinski definition) is 0. The first-order valence-electron chi connectivity index (χ1n) is 7.74. The molecule has 1 saturated heterocycles. The number of benzene rings is 1. The van der Waals surface area contributed by atoms with Crippen molar-refractivity contribution in [2.45, 2.75) is 44.1 Å². The SMILES string of the molecule is O=C(Cc1ccccc1)N1CCOC(=O)C12CCCCC2. The molecule has 112 valence electrons. The lowest BCUT2D eigenvalue weighted by molar-refractivity contribution is -0.178. The quantitative estimate of drug-likeness (QED) is 0.784. The summed E-state index contributed by atoms with van der Waals surface area (Å²) in [6, 6.07) is 9.71. The van der Waals surface area contributed by atoms with Crippen molar-refractivity contribution in [1.82, 2.24) is 4.90 Å². The van der Waals surface area contributed by atoms with Gasteiger partial charge in [-0.25, -0.2) is 4.79 Å². The molecule has 0 N–H and O–H groups in total. The third-order valence-electron chi connectivity index (χ3n) is 4.62. The minimum Gasteiger partial charge on any atom is -0.462 e. The summed E-state index contributed by atoms with van der Waals surface area (Å²) in [5, 5.41) is 0. The molecule has 0 radical (unpaired) electrons. The zero-order valence-corrected chi connectivity index (χ0v) is 12.2. The Morgan fingerprint density at radius 1 is 1.14 bits per heavy atom. The average Bonchev–Trinajstić information content (AvgIpc) is 2.52. The molecule has 2 fully saturated rings. The molecule has 1 aliphatic carbocycles. The monoisotopic (exact) mass is 287 g/mol. The molecule has 1 amide bonds. The minimum atomic E-state index is -0.692. The van der Waals surface area contributed by atoms with Gasteiger partial charge in [0.2, 0.25) is 5.91 Å². The first-order valence-corrected chi connectivity index (χ1v) is 7.74. The highest BCUT2D eigenvalue weighted by Crippen LogP contribution is 2.37. The first-order chi connectivity index (χ1) is 10.2. The molecule has 1 spiro atoms. The number of rotatable bonds is 2. The average molecular weight is 287 g/mol. The maximum Gasteiger partial charge on any atom is 0.332 e. The predicted octanol–water partition coefficient (Wildman–Crippen LogP) is 2.32. The van der Waals surface area contributed by atoms with E-state index < -0.39 is 5.54 Å². The smallest absolute Gasteiger partial charge is 0.332 e. The molecule has 0 bridgehead atoms. The standard InChI is InChI=1S/C17H21NO3/c19-15(13-14-7-3-1-4-8-14)18-11-12-21-16(20)17(18)9-5-2-6-10-17/h1,3-4,7-8H,2,5-6,9-13H2. The maximum absolute atomic E-state index is 12.7. The van der Waals surface area contributed by atoms with Crippen molar-refractivity contribution in [1.29, 1.82) is 0 Å². The molecule has 0 aromatic heterocycles. The van der Waals surface area contributed by atoms with Crippen molar-refractivity contribution in [3.63, 3.8) is 0 Å². The van der Waals surface area contributed by atoms with Gasteiger partial charge < -0.3 is 9.64 Å². The molecule has 1 aliphatic heterocycles. The lowest BCUT2D eigenvalue weighted by Gasteiger charge is -2.47. The zero-order valence-electron chi connectivity index (χ0n) is 12.2. The summed E-state index contributed by atoms with van der Waals surface area (Å²) in [6.07, 6.45) is 4.96. The Kier molecular flexibility index (Phi) is 3.95. The number of cyclic esters (lactones) is 1. The van der Waals surface area contributed by atoms with Gasteiger partial charge in [0.1, 0.15) is 12.1 Å². The Labute approximate surface area is 125 Å². The van der Waals surface area contributed by atoms with Gasteiger partial charge in [0.15, 0.2) is 0 Å². The third-order valence-corrected chi connectivity index (χ3v) is 4.62. The topological polar surface area (TPSA) is 46.6 Å². The number of ether oxygens (including phenoxy) is 1. The highest BCUT2D eigenvalue weighted by Gasteiger charge is 2.50. The van der Waals surface area contributed by atoms with Gasteiger partial charge in [-0.3, -0.25) is 4.79 Å². The van der Waals surface area contributed by atoms with Gasteiger partial charge in [-0.05, 0) is 18.4 Å². The second-order valence-corrected chi connectivity index (χ2v) is 5.94. The van der Waals surface area contributed by atoms with Crippen LogP contribution in [0.3, 0.4) is 0 Å². The summed E-state index contributed by atoms with van der Waals surface area (Å²) in [7, 11) is 0. The number of nitrogens with zero attached hydrogens (tertiary/aromatic N) is 1. The molecular formula is C17H21NO3. The number of carbonyl (C=O) groups is 2. The number of morpholine rings is 1.